The summed E-state index contributed by atoms with van der Waals surface area (Å²) in [6.07, 6.45) is -1.13. The fourth-order valence-electron chi connectivity index (χ4n) is 2.26. The molecule has 3 rings (SSSR count). The molecule has 0 spiro atoms. The Labute approximate surface area is 85.6 Å². The van der Waals surface area contributed by atoms with Gasteiger partial charge in [0.1, 0.15) is 0 Å². The molecule has 0 aliphatic carbocycles. The van der Waals surface area contributed by atoms with Crippen molar-refractivity contribution in [2.24, 2.45) is 0 Å². The predicted octanol–water partition coefficient (Wildman–Crippen LogP) is 1.59. The maximum atomic E-state index is 12.2. The monoisotopic (exact) mass is 226 g/mol. The summed E-state index contributed by atoms with van der Waals surface area (Å²) in [5.74, 6) is 0. The Balaban J connectivity index is 1.88. The van der Waals surface area contributed by atoms with Crippen molar-refractivity contribution in [3.63, 3.8) is 0 Å². The van der Waals surface area contributed by atoms with E-state index >= 15 is 0 Å². The molecule has 3 aliphatic heterocycles. The van der Waals surface area contributed by atoms with Crippen molar-refractivity contribution >= 4 is 11.9 Å². The summed E-state index contributed by atoms with van der Waals surface area (Å²) in [4.78, 5) is 1.59. The van der Waals surface area contributed by atoms with Gasteiger partial charge in [0.25, 0.3) is 0 Å². The highest BCUT2D eigenvalue weighted by atomic mass is 32.2. The Hall–Kier alpha value is 0.0600. The summed E-state index contributed by atoms with van der Waals surface area (Å²) >= 11 is 1.63. The van der Waals surface area contributed by atoms with Crippen LogP contribution in [0.1, 0.15) is 6.42 Å². The third kappa shape index (κ3) is 2.01. The lowest BCUT2D eigenvalue weighted by Crippen LogP contribution is -2.68. The summed E-state index contributed by atoms with van der Waals surface area (Å²) in [5, 5.41) is 0. The summed E-state index contributed by atoms with van der Waals surface area (Å²) in [6.45, 7) is 0.812. The van der Waals surface area contributed by atoms with E-state index in [1.54, 1.807) is 16.8 Å². The van der Waals surface area contributed by atoms with Gasteiger partial charge in [-0.05, 0) is 12.7 Å². The van der Waals surface area contributed by atoms with E-state index in [0.29, 0.717) is 0 Å². The molecule has 0 aromatic rings. The fraction of sp³-hybridized carbons (Fsp3) is 1.00. The van der Waals surface area contributed by atoms with Crippen LogP contribution in [0.3, 0.4) is 0 Å². The normalized spacial score (nSPS) is 34.3. The second kappa shape index (κ2) is 3.57. The lowest BCUT2D eigenvalue weighted by Gasteiger charge is -2.55. The Morgan fingerprint density at radius 2 is 1.86 bits per heavy atom. The first kappa shape index (κ1) is 10.6. The molecule has 82 valence electrons. The number of hydrogen-bond acceptors (Lipinski definition) is 3. The standard InChI is InChI=1S/C8H13F3N2S/c1-14-12-3-6-2-7(4-12)13(6)5-8(9,10)11/h6-7H,2-5H2,1H3. The molecule has 3 aliphatic rings. The summed E-state index contributed by atoms with van der Waals surface area (Å²) in [6, 6.07) is 0.255. The topological polar surface area (TPSA) is 6.48 Å². The zero-order valence-electron chi connectivity index (χ0n) is 7.92. The van der Waals surface area contributed by atoms with E-state index in [9.17, 15) is 13.2 Å². The van der Waals surface area contributed by atoms with Crippen molar-refractivity contribution in [3.8, 4) is 0 Å². The average molecular weight is 226 g/mol. The number of hydrogen-bond donors (Lipinski definition) is 0. The molecule has 0 saturated carbocycles. The smallest absolute Gasteiger partial charge is 0.286 e. The number of piperazine rings is 1. The zero-order chi connectivity index (χ0) is 10.3. The molecule has 2 nitrogen and oxygen atoms in total. The Morgan fingerprint density at radius 1 is 1.29 bits per heavy atom. The van der Waals surface area contributed by atoms with Gasteiger partial charge in [-0.2, -0.15) is 13.2 Å². The van der Waals surface area contributed by atoms with Crippen LogP contribution in [0.4, 0.5) is 13.2 Å². The Kier molecular flexibility index (Phi) is 2.70. The maximum absolute atomic E-state index is 12.2. The minimum absolute atomic E-state index is 0.128. The van der Waals surface area contributed by atoms with E-state index in [-0.39, 0.29) is 12.1 Å². The van der Waals surface area contributed by atoms with E-state index < -0.39 is 12.7 Å². The predicted molar refractivity (Wildman–Crippen MR) is 50.0 cm³/mol. The van der Waals surface area contributed by atoms with Gasteiger partial charge in [0.2, 0.25) is 0 Å². The quantitative estimate of drug-likeness (QED) is 0.660. The van der Waals surface area contributed by atoms with E-state index in [2.05, 4.69) is 4.31 Å². The molecule has 2 unspecified atom stereocenters. The highest BCUT2D eigenvalue weighted by Gasteiger charge is 2.48. The summed E-state index contributed by atoms with van der Waals surface area (Å²) in [7, 11) is 0. The third-order valence-electron chi connectivity index (χ3n) is 2.93. The van der Waals surface area contributed by atoms with Crippen molar-refractivity contribution in [2.75, 3.05) is 25.9 Å². The maximum Gasteiger partial charge on any atom is 0.401 e. The van der Waals surface area contributed by atoms with E-state index in [4.69, 9.17) is 0 Å². The lowest BCUT2D eigenvalue weighted by atomic mass is 9.89. The molecule has 2 bridgehead atoms. The van der Waals surface area contributed by atoms with Crippen LogP contribution in [0.15, 0.2) is 0 Å². The van der Waals surface area contributed by atoms with Crippen LogP contribution in [-0.2, 0) is 0 Å². The fourth-order valence-corrected chi connectivity index (χ4v) is 2.91. The molecule has 2 atom stereocenters. The van der Waals surface area contributed by atoms with Crippen LogP contribution in [0.2, 0.25) is 0 Å². The summed E-state index contributed by atoms with van der Waals surface area (Å²) in [5.41, 5.74) is 0. The number of nitrogens with zero attached hydrogens (tertiary/aromatic N) is 2. The zero-order valence-corrected chi connectivity index (χ0v) is 8.74. The second-order valence-electron chi connectivity index (χ2n) is 3.86. The van der Waals surface area contributed by atoms with Crippen molar-refractivity contribution in [2.45, 2.75) is 24.7 Å². The van der Waals surface area contributed by atoms with Crippen LogP contribution in [-0.4, -0.2) is 53.4 Å². The van der Waals surface area contributed by atoms with Crippen molar-refractivity contribution in [1.82, 2.24) is 9.21 Å². The number of alkyl halides is 3. The van der Waals surface area contributed by atoms with Gasteiger partial charge in [-0.1, -0.05) is 11.9 Å². The van der Waals surface area contributed by atoms with Gasteiger partial charge < -0.3 is 0 Å². The molecule has 3 fully saturated rings. The number of fused-ring (bicyclic) bond motifs is 2. The third-order valence-corrected chi connectivity index (χ3v) is 3.75. The first-order chi connectivity index (χ1) is 6.49. The van der Waals surface area contributed by atoms with Gasteiger partial charge in [-0.25, -0.2) is 4.31 Å². The van der Waals surface area contributed by atoms with Crippen LogP contribution in [0.25, 0.3) is 0 Å². The van der Waals surface area contributed by atoms with Gasteiger partial charge in [0.05, 0.1) is 6.54 Å². The van der Waals surface area contributed by atoms with Crippen LogP contribution >= 0.6 is 11.9 Å². The first-order valence-corrected chi connectivity index (χ1v) is 5.79. The lowest BCUT2D eigenvalue weighted by molar-refractivity contribution is -0.182. The van der Waals surface area contributed by atoms with Crippen molar-refractivity contribution in [1.29, 1.82) is 0 Å². The minimum atomic E-state index is -4.04. The molecule has 0 aromatic heterocycles. The van der Waals surface area contributed by atoms with Gasteiger partial charge in [0.15, 0.2) is 0 Å². The van der Waals surface area contributed by atoms with Crippen LogP contribution < -0.4 is 0 Å². The molecule has 0 N–H and O–H groups in total. The van der Waals surface area contributed by atoms with E-state index in [1.165, 1.54) is 0 Å². The van der Waals surface area contributed by atoms with Crippen molar-refractivity contribution in [3.05, 3.63) is 0 Å². The molecule has 3 heterocycles. The molecule has 6 heteroatoms. The number of halogens is 3. The van der Waals surface area contributed by atoms with E-state index in [0.717, 1.165) is 19.5 Å². The molecule has 0 radical (unpaired) electrons. The Bertz CT molecular complexity index is 209. The largest absolute Gasteiger partial charge is 0.401 e. The van der Waals surface area contributed by atoms with E-state index in [1.807, 2.05) is 6.26 Å². The highest BCUT2D eigenvalue weighted by Crippen LogP contribution is 2.36. The van der Waals surface area contributed by atoms with Crippen LogP contribution in [0, 0.1) is 0 Å². The van der Waals surface area contributed by atoms with Gasteiger partial charge in [-0.15, -0.1) is 0 Å². The average Bonchev–Trinajstić information content (AvgIpc) is 2.13. The van der Waals surface area contributed by atoms with Gasteiger partial charge >= 0.3 is 6.18 Å². The van der Waals surface area contributed by atoms with Gasteiger partial charge in [-0.3, -0.25) is 4.90 Å². The minimum Gasteiger partial charge on any atom is -0.286 e. The molecule has 0 aromatic carbocycles. The molecule has 3 saturated heterocycles. The highest BCUT2D eigenvalue weighted by molar-refractivity contribution is 7.96. The molecule has 14 heavy (non-hydrogen) atoms. The Morgan fingerprint density at radius 3 is 2.29 bits per heavy atom. The SMILES string of the molecule is CSN1CC2CC(C1)N2CC(F)(F)F. The molecule has 0 amide bonds. The number of piperidine rings is 1. The molecular weight excluding hydrogens is 213 g/mol. The van der Waals surface area contributed by atoms with Gasteiger partial charge in [0, 0.05) is 25.2 Å². The van der Waals surface area contributed by atoms with Crippen molar-refractivity contribution < 1.29 is 13.2 Å². The number of rotatable bonds is 2. The second-order valence-corrected chi connectivity index (χ2v) is 4.74. The first-order valence-electron chi connectivity index (χ1n) is 4.61. The van der Waals surface area contributed by atoms with Crippen LogP contribution in [0.5, 0.6) is 0 Å². The summed E-state index contributed by atoms with van der Waals surface area (Å²) < 4.78 is 38.6. The molecular formula is C8H13F3N2S.